The SMILES string of the molecule is CN(Cc1cnn(C)c1)S(=O)(=O)c1cccc(CCl)c1. The zero-order chi connectivity index (χ0) is 14.8. The second-order valence-electron chi connectivity index (χ2n) is 4.56. The van der Waals surface area contributed by atoms with Crippen LogP contribution in [0.1, 0.15) is 11.1 Å². The summed E-state index contributed by atoms with van der Waals surface area (Å²) in [6, 6.07) is 6.67. The molecule has 0 unspecified atom stereocenters. The molecule has 0 fully saturated rings. The number of benzene rings is 1. The zero-order valence-electron chi connectivity index (χ0n) is 11.3. The molecule has 1 aromatic heterocycles. The first-order valence-electron chi connectivity index (χ1n) is 6.02. The van der Waals surface area contributed by atoms with Gasteiger partial charge in [-0.2, -0.15) is 9.40 Å². The number of nitrogens with zero attached hydrogens (tertiary/aromatic N) is 3. The molecule has 0 aliphatic rings. The predicted octanol–water partition coefficient (Wildman–Crippen LogP) is 1.98. The number of alkyl halides is 1. The molecule has 5 nitrogen and oxygen atoms in total. The third kappa shape index (κ3) is 3.20. The number of halogens is 1. The van der Waals surface area contributed by atoms with Gasteiger partial charge in [-0.1, -0.05) is 12.1 Å². The summed E-state index contributed by atoms with van der Waals surface area (Å²) >= 11 is 5.74. The molecule has 0 aliphatic heterocycles. The van der Waals surface area contributed by atoms with Crippen LogP contribution >= 0.6 is 11.6 Å². The Morgan fingerprint density at radius 2 is 2.10 bits per heavy atom. The van der Waals surface area contributed by atoms with Crippen LogP contribution in [0, 0.1) is 0 Å². The van der Waals surface area contributed by atoms with Gasteiger partial charge in [-0.05, 0) is 17.7 Å². The van der Waals surface area contributed by atoms with Gasteiger partial charge in [0.1, 0.15) is 0 Å². The van der Waals surface area contributed by atoms with Crippen molar-refractivity contribution in [3.8, 4) is 0 Å². The number of hydrogen-bond acceptors (Lipinski definition) is 3. The fraction of sp³-hybridized carbons (Fsp3) is 0.308. The van der Waals surface area contributed by atoms with E-state index in [9.17, 15) is 8.42 Å². The Morgan fingerprint density at radius 3 is 2.70 bits per heavy atom. The van der Waals surface area contributed by atoms with Gasteiger partial charge in [0.2, 0.25) is 10.0 Å². The van der Waals surface area contributed by atoms with Gasteiger partial charge >= 0.3 is 0 Å². The number of hydrogen-bond donors (Lipinski definition) is 0. The molecule has 0 bridgehead atoms. The summed E-state index contributed by atoms with van der Waals surface area (Å²) in [6.07, 6.45) is 3.45. The lowest BCUT2D eigenvalue weighted by Gasteiger charge is -2.16. The Balaban J connectivity index is 2.24. The highest BCUT2D eigenvalue weighted by Gasteiger charge is 2.21. The average Bonchev–Trinajstić information content (AvgIpc) is 2.84. The largest absolute Gasteiger partial charge is 0.275 e. The summed E-state index contributed by atoms with van der Waals surface area (Å²) in [4.78, 5) is 0.252. The van der Waals surface area contributed by atoms with E-state index in [1.54, 1.807) is 55.4 Å². The number of rotatable bonds is 5. The molecule has 0 aliphatic carbocycles. The number of aryl methyl sites for hydroxylation is 1. The third-order valence-electron chi connectivity index (χ3n) is 2.92. The van der Waals surface area contributed by atoms with E-state index in [0.717, 1.165) is 11.1 Å². The highest BCUT2D eigenvalue weighted by atomic mass is 35.5. The maximum Gasteiger partial charge on any atom is 0.243 e. The van der Waals surface area contributed by atoms with Crippen molar-refractivity contribution in [2.24, 2.45) is 7.05 Å². The van der Waals surface area contributed by atoms with Gasteiger partial charge in [-0.3, -0.25) is 4.68 Å². The van der Waals surface area contributed by atoms with E-state index in [4.69, 9.17) is 11.6 Å². The van der Waals surface area contributed by atoms with Gasteiger partial charge in [0.15, 0.2) is 0 Å². The molecule has 0 saturated heterocycles. The Morgan fingerprint density at radius 1 is 1.35 bits per heavy atom. The summed E-state index contributed by atoms with van der Waals surface area (Å²) in [5, 5.41) is 4.03. The molecule has 0 N–H and O–H groups in total. The van der Waals surface area contributed by atoms with Gasteiger partial charge in [-0.25, -0.2) is 8.42 Å². The first-order valence-corrected chi connectivity index (χ1v) is 7.99. The highest BCUT2D eigenvalue weighted by Crippen LogP contribution is 2.18. The van der Waals surface area contributed by atoms with E-state index in [1.165, 1.54) is 4.31 Å². The molecule has 0 radical (unpaired) electrons. The summed E-state index contributed by atoms with van der Waals surface area (Å²) in [7, 11) is -0.178. The number of aromatic nitrogens is 2. The lowest BCUT2D eigenvalue weighted by atomic mass is 10.2. The summed E-state index contributed by atoms with van der Waals surface area (Å²) in [5.74, 6) is 0.287. The molecule has 0 atom stereocenters. The maximum absolute atomic E-state index is 12.5. The summed E-state index contributed by atoms with van der Waals surface area (Å²) < 4.78 is 27.9. The van der Waals surface area contributed by atoms with Crippen molar-refractivity contribution < 1.29 is 8.42 Å². The zero-order valence-corrected chi connectivity index (χ0v) is 12.9. The standard InChI is InChI=1S/C13H16ClN3O2S/c1-16-9-12(8-15-16)10-17(2)20(18,19)13-5-3-4-11(6-13)7-14/h3-6,8-9H,7,10H2,1-2H3. The molecule has 108 valence electrons. The lowest BCUT2D eigenvalue weighted by molar-refractivity contribution is 0.466. The van der Waals surface area contributed by atoms with Crippen molar-refractivity contribution in [3.63, 3.8) is 0 Å². The molecule has 2 aromatic rings. The van der Waals surface area contributed by atoms with Gasteiger partial charge in [0.25, 0.3) is 0 Å². The Kier molecular flexibility index (Phi) is 4.47. The first-order chi connectivity index (χ1) is 9.43. The van der Waals surface area contributed by atoms with Crippen LogP contribution in [-0.4, -0.2) is 29.6 Å². The van der Waals surface area contributed by atoms with Gasteiger partial charge in [-0.15, -0.1) is 11.6 Å². The summed E-state index contributed by atoms with van der Waals surface area (Å²) in [5.41, 5.74) is 1.62. The van der Waals surface area contributed by atoms with E-state index in [1.807, 2.05) is 0 Å². The summed E-state index contributed by atoms with van der Waals surface area (Å²) in [6.45, 7) is 0.279. The van der Waals surface area contributed by atoms with Crippen LogP contribution in [0.3, 0.4) is 0 Å². The van der Waals surface area contributed by atoms with Crippen LogP contribution in [0.25, 0.3) is 0 Å². The molecule has 20 heavy (non-hydrogen) atoms. The fourth-order valence-corrected chi connectivity index (χ4v) is 3.26. The molecule has 7 heteroatoms. The average molecular weight is 314 g/mol. The van der Waals surface area contributed by atoms with Gasteiger partial charge < -0.3 is 0 Å². The minimum absolute atomic E-state index is 0.252. The molecule has 1 heterocycles. The normalized spacial score (nSPS) is 12.0. The number of sulfonamides is 1. The second-order valence-corrected chi connectivity index (χ2v) is 6.88. The Bertz CT molecular complexity index is 697. The van der Waals surface area contributed by atoms with Crippen LogP contribution in [0.15, 0.2) is 41.6 Å². The van der Waals surface area contributed by atoms with Crippen molar-refractivity contribution >= 4 is 21.6 Å². The smallest absolute Gasteiger partial charge is 0.243 e. The molecule has 2 rings (SSSR count). The van der Waals surface area contributed by atoms with Crippen molar-refractivity contribution in [3.05, 3.63) is 47.8 Å². The fourth-order valence-electron chi connectivity index (χ4n) is 1.86. The Hall–Kier alpha value is -1.37. The van der Waals surface area contributed by atoms with E-state index in [-0.39, 0.29) is 17.3 Å². The van der Waals surface area contributed by atoms with E-state index >= 15 is 0 Å². The predicted molar refractivity (Wildman–Crippen MR) is 77.9 cm³/mol. The first kappa shape index (κ1) is 15.0. The second kappa shape index (κ2) is 5.95. The quantitative estimate of drug-likeness (QED) is 0.793. The molecule has 0 amide bonds. The minimum Gasteiger partial charge on any atom is -0.275 e. The topological polar surface area (TPSA) is 55.2 Å². The molecule has 1 aromatic carbocycles. The van der Waals surface area contributed by atoms with Gasteiger partial charge in [0.05, 0.1) is 11.1 Å². The van der Waals surface area contributed by atoms with E-state index < -0.39 is 10.0 Å². The van der Waals surface area contributed by atoms with Crippen LogP contribution < -0.4 is 0 Å². The van der Waals surface area contributed by atoms with Crippen LogP contribution in [-0.2, 0) is 29.5 Å². The van der Waals surface area contributed by atoms with Crippen molar-refractivity contribution in [1.82, 2.24) is 14.1 Å². The van der Waals surface area contributed by atoms with Crippen molar-refractivity contribution in [1.29, 1.82) is 0 Å². The van der Waals surface area contributed by atoms with Crippen LogP contribution in [0.4, 0.5) is 0 Å². The highest BCUT2D eigenvalue weighted by molar-refractivity contribution is 7.89. The molecule has 0 spiro atoms. The van der Waals surface area contributed by atoms with Crippen molar-refractivity contribution in [2.45, 2.75) is 17.3 Å². The Labute approximate surface area is 123 Å². The molecular weight excluding hydrogens is 298 g/mol. The minimum atomic E-state index is -3.52. The van der Waals surface area contributed by atoms with Crippen LogP contribution in [0.5, 0.6) is 0 Å². The van der Waals surface area contributed by atoms with Gasteiger partial charge in [0, 0.05) is 38.3 Å². The van der Waals surface area contributed by atoms with Crippen LogP contribution in [0.2, 0.25) is 0 Å². The van der Waals surface area contributed by atoms with E-state index in [2.05, 4.69) is 5.10 Å². The lowest BCUT2D eigenvalue weighted by Crippen LogP contribution is -2.26. The monoisotopic (exact) mass is 313 g/mol. The molecule has 0 saturated carbocycles. The van der Waals surface area contributed by atoms with E-state index in [0.29, 0.717) is 0 Å². The van der Waals surface area contributed by atoms with Crippen molar-refractivity contribution in [2.75, 3.05) is 7.05 Å². The maximum atomic E-state index is 12.5. The molecular formula is C13H16ClN3O2S. The third-order valence-corrected chi connectivity index (χ3v) is 5.03.